The van der Waals surface area contributed by atoms with Gasteiger partial charge >= 0.3 is 0 Å². The van der Waals surface area contributed by atoms with E-state index in [-0.39, 0.29) is 22.5 Å². The van der Waals surface area contributed by atoms with E-state index in [2.05, 4.69) is 4.90 Å². The van der Waals surface area contributed by atoms with Crippen LogP contribution in [-0.2, 0) is 16.4 Å². The molecule has 1 saturated heterocycles. The van der Waals surface area contributed by atoms with Crippen molar-refractivity contribution in [2.75, 3.05) is 31.1 Å². The maximum absolute atomic E-state index is 14.1. The molecule has 1 unspecified atom stereocenters. The molecule has 0 N–H and O–H groups in total. The highest BCUT2D eigenvalue weighted by Crippen LogP contribution is 2.30. The Bertz CT molecular complexity index is 1290. The molecule has 3 aromatic rings. The monoisotopic (exact) mass is 467 g/mol. The molecule has 0 saturated carbocycles. The van der Waals surface area contributed by atoms with Gasteiger partial charge in [-0.3, -0.25) is 9.69 Å². The highest BCUT2D eigenvalue weighted by Gasteiger charge is 2.37. The molecule has 0 radical (unpaired) electrons. The van der Waals surface area contributed by atoms with E-state index in [4.69, 9.17) is 0 Å². The zero-order valence-corrected chi connectivity index (χ0v) is 19.3. The number of aromatic nitrogens is 1. The number of nitrogens with zero attached hydrogens (tertiary/aromatic N) is 3. The van der Waals surface area contributed by atoms with Crippen LogP contribution in [0, 0.1) is 12.7 Å². The van der Waals surface area contributed by atoms with Gasteiger partial charge in [0.05, 0.1) is 16.6 Å². The zero-order valence-electron chi connectivity index (χ0n) is 18.4. The Labute approximate surface area is 193 Å². The molecule has 1 atom stereocenters. The standard InChI is InChI=1S/C25H26FN3O3S/c1-18-6-8-19(9-7-18)33(31,32)29-13-12-20-22(29)10-11-24(25(20)30)28-16-14-27(15-17-28)23-5-3-2-4-21(23)26/h2-9,12-13,24H,10-11,14-17H2,1H3. The van der Waals surface area contributed by atoms with Gasteiger partial charge in [0.15, 0.2) is 5.78 Å². The quantitative estimate of drug-likeness (QED) is 0.588. The summed E-state index contributed by atoms with van der Waals surface area (Å²) < 4.78 is 41.7. The molecular formula is C25H26FN3O3S. The van der Waals surface area contributed by atoms with Crippen LogP contribution in [-0.4, -0.2) is 55.3 Å². The second-order valence-electron chi connectivity index (χ2n) is 8.68. The lowest BCUT2D eigenvalue weighted by Crippen LogP contribution is -2.54. The van der Waals surface area contributed by atoms with E-state index in [0.717, 1.165) is 5.56 Å². The second kappa shape index (κ2) is 8.43. The molecule has 1 fully saturated rings. The summed E-state index contributed by atoms with van der Waals surface area (Å²) in [6.07, 6.45) is 2.58. The van der Waals surface area contributed by atoms with Crippen LogP contribution in [0.15, 0.2) is 65.7 Å². The van der Waals surface area contributed by atoms with Crippen LogP contribution in [0.1, 0.15) is 28.0 Å². The first kappa shape index (κ1) is 21.9. The van der Waals surface area contributed by atoms with Crippen molar-refractivity contribution in [2.24, 2.45) is 0 Å². The largest absolute Gasteiger partial charge is 0.367 e. The molecule has 8 heteroatoms. The molecule has 2 aromatic carbocycles. The topological polar surface area (TPSA) is 62.6 Å². The minimum Gasteiger partial charge on any atom is -0.367 e. The number of hydrogen-bond acceptors (Lipinski definition) is 5. The van der Waals surface area contributed by atoms with Crippen LogP contribution >= 0.6 is 0 Å². The van der Waals surface area contributed by atoms with E-state index in [1.807, 2.05) is 17.9 Å². The number of fused-ring (bicyclic) bond motifs is 1. The van der Waals surface area contributed by atoms with Gasteiger partial charge in [-0.15, -0.1) is 0 Å². The first-order chi connectivity index (χ1) is 15.9. The first-order valence-corrected chi connectivity index (χ1v) is 12.6. The molecule has 0 bridgehead atoms. The summed E-state index contributed by atoms with van der Waals surface area (Å²) in [5.41, 5.74) is 2.62. The number of benzene rings is 2. The van der Waals surface area contributed by atoms with E-state index in [1.54, 1.807) is 42.5 Å². The summed E-state index contributed by atoms with van der Waals surface area (Å²) >= 11 is 0. The Morgan fingerprint density at radius 2 is 1.64 bits per heavy atom. The highest BCUT2D eigenvalue weighted by molar-refractivity contribution is 7.90. The lowest BCUT2D eigenvalue weighted by Gasteiger charge is -2.40. The first-order valence-electron chi connectivity index (χ1n) is 11.2. The lowest BCUT2D eigenvalue weighted by molar-refractivity contribution is 0.0777. The minimum atomic E-state index is -3.75. The Hall–Kier alpha value is -2.97. The number of carbonyl (C=O) groups excluding carboxylic acids is 1. The van der Waals surface area contributed by atoms with Crippen LogP contribution in [0.25, 0.3) is 0 Å². The third kappa shape index (κ3) is 3.87. The number of para-hydroxylation sites is 1. The van der Waals surface area contributed by atoms with Crippen molar-refractivity contribution in [2.45, 2.75) is 30.7 Å². The molecule has 0 amide bonds. The van der Waals surface area contributed by atoms with Crippen molar-refractivity contribution in [3.8, 4) is 0 Å². The van der Waals surface area contributed by atoms with Crippen molar-refractivity contribution in [1.82, 2.24) is 8.87 Å². The second-order valence-corrected chi connectivity index (χ2v) is 10.5. The normalized spacial score (nSPS) is 19.5. The molecule has 1 aliphatic heterocycles. The predicted molar refractivity (Wildman–Crippen MR) is 125 cm³/mol. The Morgan fingerprint density at radius 1 is 0.939 bits per heavy atom. The molecule has 172 valence electrons. The summed E-state index contributed by atoms with van der Waals surface area (Å²) in [7, 11) is -3.75. The Morgan fingerprint density at radius 3 is 2.33 bits per heavy atom. The fourth-order valence-corrected chi connectivity index (χ4v) is 6.29. The van der Waals surface area contributed by atoms with Crippen molar-refractivity contribution >= 4 is 21.5 Å². The van der Waals surface area contributed by atoms with Crippen LogP contribution in [0.2, 0.25) is 0 Å². The molecule has 1 aromatic heterocycles. The number of aryl methyl sites for hydroxylation is 1. The highest BCUT2D eigenvalue weighted by atomic mass is 32.2. The van der Waals surface area contributed by atoms with Gasteiger partial charge in [0.25, 0.3) is 10.0 Å². The number of Topliss-reactive ketones (excluding diaryl/α,β-unsaturated/α-hetero) is 1. The number of anilines is 1. The van der Waals surface area contributed by atoms with Crippen LogP contribution in [0.5, 0.6) is 0 Å². The maximum atomic E-state index is 14.1. The smallest absolute Gasteiger partial charge is 0.267 e. The molecule has 2 heterocycles. The van der Waals surface area contributed by atoms with Gasteiger partial charge in [-0.2, -0.15) is 0 Å². The molecule has 33 heavy (non-hydrogen) atoms. The van der Waals surface area contributed by atoms with E-state index in [1.165, 1.54) is 16.2 Å². The van der Waals surface area contributed by atoms with Gasteiger partial charge < -0.3 is 4.90 Å². The maximum Gasteiger partial charge on any atom is 0.267 e. The van der Waals surface area contributed by atoms with Crippen molar-refractivity contribution in [1.29, 1.82) is 0 Å². The summed E-state index contributed by atoms with van der Waals surface area (Å²) in [5.74, 6) is -0.270. The minimum absolute atomic E-state index is 0.0338. The van der Waals surface area contributed by atoms with Gasteiger partial charge in [0.2, 0.25) is 0 Å². The lowest BCUT2D eigenvalue weighted by atomic mass is 9.90. The SMILES string of the molecule is Cc1ccc(S(=O)(=O)n2ccc3c2CCC(N2CCN(c4ccccc4F)CC2)C3=O)cc1. The van der Waals surface area contributed by atoms with E-state index in [0.29, 0.717) is 56.0 Å². The summed E-state index contributed by atoms with van der Waals surface area (Å²) in [6, 6.07) is 14.8. The average Bonchev–Trinajstić information content (AvgIpc) is 3.26. The van der Waals surface area contributed by atoms with Crippen LogP contribution in [0.3, 0.4) is 0 Å². The van der Waals surface area contributed by atoms with E-state index >= 15 is 0 Å². The number of carbonyl (C=O) groups is 1. The number of halogens is 1. The molecular weight excluding hydrogens is 441 g/mol. The summed E-state index contributed by atoms with van der Waals surface area (Å²) in [6.45, 7) is 4.49. The average molecular weight is 468 g/mol. The molecule has 0 spiro atoms. The van der Waals surface area contributed by atoms with E-state index < -0.39 is 10.0 Å². The number of piperazine rings is 1. The summed E-state index contributed by atoms with van der Waals surface area (Å²) in [5, 5.41) is 0. The van der Waals surface area contributed by atoms with Gasteiger partial charge in [0, 0.05) is 43.6 Å². The fraction of sp³-hybridized carbons (Fsp3) is 0.320. The predicted octanol–water partition coefficient (Wildman–Crippen LogP) is 3.49. The summed E-state index contributed by atoms with van der Waals surface area (Å²) in [4.78, 5) is 17.7. The van der Waals surface area contributed by atoms with Crippen molar-refractivity contribution < 1.29 is 17.6 Å². The van der Waals surface area contributed by atoms with Gasteiger partial charge in [-0.25, -0.2) is 16.8 Å². The van der Waals surface area contributed by atoms with Gasteiger partial charge in [-0.05, 0) is 50.1 Å². The van der Waals surface area contributed by atoms with Crippen LogP contribution < -0.4 is 4.90 Å². The Balaban J connectivity index is 1.33. The van der Waals surface area contributed by atoms with Crippen LogP contribution in [0.4, 0.5) is 10.1 Å². The molecule has 2 aliphatic rings. The molecule has 1 aliphatic carbocycles. The molecule has 5 rings (SSSR count). The zero-order chi connectivity index (χ0) is 23.2. The van der Waals surface area contributed by atoms with E-state index in [9.17, 15) is 17.6 Å². The molecule has 6 nitrogen and oxygen atoms in total. The fourth-order valence-electron chi connectivity index (χ4n) is 4.88. The third-order valence-electron chi connectivity index (χ3n) is 6.70. The van der Waals surface area contributed by atoms with Gasteiger partial charge in [-0.1, -0.05) is 29.8 Å². The number of ketones is 1. The van der Waals surface area contributed by atoms with Gasteiger partial charge in [0.1, 0.15) is 5.82 Å². The number of hydrogen-bond donors (Lipinski definition) is 0. The van der Waals surface area contributed by atoms with Crippen molar-refractivity contribution in [3.05, 3.63) is 83.4 Å². The Kier molecular flexibility index (Phi) is 5.58. The van der Waals surface area contributed by atoms with Crippen molar-refractivity contribution in [3.63, 3.8) is 0 Å². The third-order valence-corrected chi connectivity index (χ3v) is 8.43. The number of rotatable bonds is 4.